The van der Waals surface area contributed by atoms with Crippen LogP contribution in [0.25, 0.3) is 11.3 Å². The van der Waals surface area contributed by atoms with E-state index in [0.717, 1.165) is 18.3 Å². The fourth-order valence-electron chi connectivity index (χ4n) is 2.72. The molecule has 0 aliphatic heterocycles. The van der Waals surface area contributed by atoms with Crippen LogP contribution < -0.4 is 15.4 Å². The van der Waals surface area contributed by atoms with Crippen LogP contribution in [0.4, 0.5) is 28.9 Å². The number of thiocarbonyl (C=S) groups is 1. The van der Waals surface area contributed by atoms with E-state index in [-0.39, 0.29) is 10.8 Å². The summed E-state index contributed by atoms with van der Waals surface area (Å²) in [4.78, 5) is 0. The minimum absolute atomic E-state index is 0.159. The van der Waals surface area contributed by atoms with Gasteiger partial charge in [0.1, 0.15) is 11.4 Å². The van der Waals surface area contributed by atoms with Crippen LogP contribution in [0.5, 0.6) is 5.75 Å². The lowest BCUT2D eigenvalue weighted by Crippen LogP contribution is -2.19. The van der Waals surface area contributed by atoms with Gasteiger partial charge in [-0.25, -0.2) is 4.39 Å². The van der Waals surface area contributed by atoms with Crippen molar-refractivity contribution in [3.05, 3.63) is 60.0 Å². The number of anilines is 2. The number of rotatable bonds is 4. The van der Waals surface area contributed by atoms with Gasteiger partial charge in [0.05, 0.1) is 18.9 Å². The van der Waals surface area contributed by atoms with E-state index < -0.39 is 17.6 Å². The van der Waals surface area contributed by atoms with E-state index in [0.29, 0.717) is 22.7 Å². The minimum atomic E-state index is -4.40. The molecule has 2 aromatic carbocycles. The maximum Gasteiger partial charge on any atom is 0.416 e. The Labute approximate surface area is 169 Å². The first-order valence-corrected chi connectivity index (χ1v) is 8.71. The fraction of sp³-hybridized carbons (Fsp3) is 0.158. The summed E-state index contributed by atoms with van der Waals surface area (Å²) in [6.07, 6.45) is -3.30. The van der Waals surface area contributed by atoms with Crippen molar-refractivity contribution in [2.75, 3.05) is 17.7 Å². The number of methoxy groups -OCH3 is 1. The van der Waals surface area contributed by atoms with Crippen LogP contribution in [-0.4, -0.2) is 22.0 Å². The van der Waals surface area contributed by atoms with E-state index in [1.54, 1.807) is 25.2 Å². The number of hydrogen-bond donors (Lipinski definition) is 2. The largest absolute Gasteiger partial charge is 0.496 e. The van der Waals surface area contributed by atoms with E-state index in [1.165, 1.54) is 23.9 Å². The maximum atomic E-state index is 14.1. The van der Waals surface area contributed by atoms with Crippen LogP contribution in [0.2, 0.25) is 0 Å². The van der Waals surface area contributed by atoms with Gasteiger partial charge < -0.3 is 15.4 Å². The molecule has 0 radical (unpaired) electrons. The number of aryl methyl sites for hydroxylation is 1. The molecule has 152 valence electrons. The molecule has 0 saturated heterocycles. The highest BCUT2D eigenvalue weighted by Crippen LogP contribution is 2.34. The van der Waals surface area contributed by atoms with Crippen LogP contribution in [-0.2, 0) is 13.2 Å². The molecule has 0 bridgehead atoms. The Bertz CT molecular complexity index is 1010. The third-order valence-corrected chi connectivity index (χ3v) is 4.28. The molecule has 0 atom stereocenters. The number of ether oxygens (including phenoxy) is 1. The van der Waals surface area contributed by atoms with Crippen molar-refractivity contribution in [1.82, 2.24) is 9.78 Å². The summed E-state index contributed by atoms with van der Waals surface area (Å²) in [5.41, 5.74) is 0.882. The molecule has 2 N–H and O–H groups in total. The number of alkyl halides is 3. The van der Waals surface area contributed by atoms with Gasteiger partial charge in [0.2, 0.25) is 0 Å². The van der Waals surface area contributed by atoms with E-state index in [2.05, 4.69) is 15.7 Å². The lowest BCUT2D eigenvalue weighted by molar-refractivity contribution is -0.137. The number of nitrogens with one attached hydrogen (secondary N) is 2. The van der Waals surface area contributed by atoms with Gasteiger partial charge in [0.25, 0.3) is 0 Å². The predicted octanol–water partition coefficient (Wildman–Crippen LogP) is 5.06. The summed E-state index contributed by atoms with van der Waals surface area (Å²) in [5, 5.41) is 9.77. The molecule has 0 aliphatic rings. The van der Waals surface area contributed by atoms with Crippen molar-refractivity contribution >= 4 is 28.7 Å². The zero-order chi connectivity index (χ0) is 21.2. The normalized spacial score (nSPS) is 11.2. The summed E-state index contributed by atoms with van der Waals surface area (Å²) in [6, 6.07) is 9.44. The summed E-state index contributed by atoms with van der Waals surface area (Å²) in [7, 11) is 3.08. The highest BCUT2D eigenvalue weighted by atomic mass is 32.1. The van der Waals surface area contributed by atoms with Gasteiger partial charge in [0.15, 0.2) is 10.9 Å². The number of halogens is 4. The van der Waals surface area contributed by atoms with Gasteiger partial charge in [-0.1, -0.05) is 0 Å². The molecule has 0 fully saturated rings. The first-order valence-electron chi connectivity index (χ1n) is 8.30. The molecule has 1 aromatic heterocycles. The van der Waals surface area contributed by atoms with Crippen LogP contribution >= 0.6 is 12.2 Å². The van der Waals surface area contributed by atoms with E-state index in [1.807, 2.05) is 0 Å². The lowest BCUT2D eigenvalue weighted by atomic mass is 10.1. The van der Waals surface area contributed by atoms with E-state index >= 15 is 0 Å². The van der Waals surface area contributed by atoms with Crippen molar-refractivity contribution < 1.29 is 22.3 Å². The second kappa shape index (κ2) is 8.08. The highest BCUT2D eigenvalue weighted by molar-refractivity contribution is 7.80. The van der Waals surface area contributed by atoms with Crippen molar-refractivity contribution in [3.8, 4) is 17.0 Å². The van der Waals surface area contributed by atoms with E-state index in [4.69, 9.17) is 17.0 Å². The standard InChI is InChI=1S/C19H16F4N4OS/c1-27-17(15(20)10-24-27)14-9-13(7-8-16(14)28-2)26-18(29)25-12-5-3-11(4-6-12)19(21,22)23/h3-10H,1-2H3,(H2,25,26,29). The Kier molecular flexibility index (Phi) is 5.73. The molecule has 3 rings (SSSR count). The predicted molar refractivity (Wildman–Crippen MR) is 106 cm³/mol. The molecule has 0 spiro atoms. The quantitative estimate of drug-likeness (QED) is 0.453. The second-order valence-electron chi connectivity index (χ2n) is 6.03. The Hall–Kier alpha value is -3.14. The Morgan fingerprint density at radius 3 is 2.24 bits per heavy atom. The summed E-state index contributed by atoms with van der Waals surface area (Å²) >= 11 is 5.21. The number of nitrogens with zero attached hydrogens (tertiary/aromatic N) is 2. The van der Waals surface area contributed by atoms with Gasteiger partial charge in [-0.05, 0) is 54.7 Å². The van der Waals surface area contributed by atoms with Gasteiger partial charge >= 0.3 is 6.18 Å². The topological polar surface area (TPSA) is 51.1 Å². The monoisotopic (exact) mass is 424 g/mol. The third kappa shape index (κ3) is 4.65. The Morgan fingerprint density at radius 1 is 1.07 bits per heavy atom. The smallest absolute Gasteiger partial charge is 0.416 e. The molecule has 0 unspecified atom stereocenters. The summed E-state index contributed by atoms with van der Waals surface area (Å²) in [5.74, 6) is -0.0620. The first-order chi connectivity index (χ1) is 13.7. The van der Waals surface area contributed by atoms with Crippen LogP contribution in [0, 0.1) is 5.82 Å². The van der Waals surface area contributed by atoms with Crippen LogP contribution in [0.15, 0.2) is 48.7 Å². The molecule has 3 aromatic rings. The molecule has 0 amide bonds. The Morgan fingerprint density at radius 2 is 1.69 bits per heavy atom. The fourth-order valence-corrected chi connectivity index (χ4v) is 2.96. The van der Waals surface area contributed by atoms with Gasteiger partial charge in [-0.2, -0.15) is 18.3 Å². The molecule has 0 aliphatic carbocycles. The minimum Gasteiger partial charge on any atom is -0.496 e. The lowest BCUT2D eigenvalue weighted by Gasteiger charge is -2.14. The molecular formula is C19H16F4N4OS. The Balaban J connectivity index is 1.78. The van der Waals surface area contributed by atoms with Gasteiger partial charge in [-0.15, -0.1) is 0 Å². The van der Waals surface area contributed by atoms with Crippen molar-refractivity contribution in [2.24, 2.45) is 7.05 Å². The van der Waals surface area contributed by atoms with Crippen molar-refractivity contribution in [2.45, 2.75) is 6.18 Å². The SMILES string of the molecule is COc1ccc(NC(=S)Nc2ccc(C(F)(F)F)cc2)cc1-c1c(F)cnn1C. The average Bonchev–Trinajstić information content (AvgIpc) is 2.99. The van der Waals surface area contributed by atoms with Crippen molar-refractivity contribution in [3.63, 3.8) is 0 Å². The summed E-state index contributed by atoms with van der Waals surface area (Å²) < 4.78 is 58.7. The molecule has 1 heterocycles. The first kappa shape index (κ1) is 20.6. The molecule has 29 heavy (non-hydrogen) atoms. The molecule has 5 nitrogen and oxygen atoms in total. The van der Waals surface area contributed by atoms with Crippen LogP contribution in [0.1, 0.15) is 5.56 Å². The third-order valence-electron chi connectivity index (χ3n) is 4.08. The highest BCUT2D eigenvalue weighted by Gasteiger charge is 2.29. The second-order valence-corrected chi connectivity index (χ2v) is 6.44. The van der Waals surface area contributed by atoms with Crippen molar-refractivity contribution in [1.29, 1.82) is 0 Å². The average molecular weight is 424 g/mol. The molecule has 0 saturated carbocycles. The van der Waals surface area contributed by atoms with Crippen LogP contribution in [0.3, 0.4) is 0 Å². The van der Waals surface area contributed by atoms with E-state index in [9.17, 15) is 17.6 Å². The number of aromatic nitrogens is 2. The zero-order valence-corrected chi connectivity index (χ0v) is 16.2. The summed E-state index contributed by atoms with van der Waals surface area (Å²) in [6.45, 7) is 0. The van der Waals surface area contributed by atoms with Gasteiger partial charge in [0, 0.05) is 24.0 Å². The zero-order valence-electron chi connectivity index (χ0n) is 15.3. The maximum absolute atomic E-state index is 14.1. The number of benzene rings is 2. The molecule has 10 heteroatoms. The number of hydrogen-bond acceptors (Lipinski definition) is 3. The van der Waals surface area contributed by atoms with Gasteiger partial charge in [-0.3, -0.25) is 4.68 Å². The molecular weight excluding hydrogens is 408 g/mol.